The Balaban J connectivity index is 2.25. The van der Waals surface area contributed by atoms with Crippen molar-refractivity contribution in [1.29, 1.82) is 0 Å². The lowest BCUT2D eigenvalue weighted by Gasteiger charge is -2.16. The number of ether oxygens (including phenoxy) is 1. The Morgan fingerprint density at radius 3 is 2.63 bits per heavy atom. The zero-order valence-electron chi connectivity index (χ0n) is 11.1. The molecule has 0 amide bonds. The van der Waals surface area contributed by atoms with Crippen molar-refractivity contribution in [2.45, 2.75) is 19.4 Å². The molecule has 0 aliphatic rings. The first-order chi connectivity index (χ1) is 9.11. The molecule has 0 aromatic heterocycles. The van der Waals surface area contributed by atoms with E-state index in [1.54, 1.807) is 19.2 Å². The normalized spacial score (nSPS) is 12.2. The van der Waals surface area contributed by atoms with Crippen LogP contribution in [0.15, 0.2) is 42.5 Å². The van der Waals surface area contributed by atoms with Gasteiger partial charge in [0.05, 0.1) is 13.2 Å². The fraction of sp³-hybridized carbons (Fsp3) is 0.250. The summed E-state index contributed by atoms with van der Waals surface area (Å²) in [6, 6.07) is 13.3. The van der Waals surface area contributed by atoms with Crippen LogP contribution >= 0.6 is 11.6 Å². The van der Waals surface area contributed by atoms with Crippen molar-refractivity contribution in [3.05, 3.63) is 64.2 Å². The van der Waals surface area contributed by atoms with Crippen LogP contribution in [-0.2, 0) is 6.42 Å². The number of rotatable bonds is 4. The largest absolute Gasteiger partial charge is 0.496 e. The Morgan fingerprint density at radius 2 is 1.95 bits per heavy atom. The molecule has 0 heterocycles. The minimum atomic E-state index is -0.603. The Bertz CT molecular complexity index is 566. The molecule has 19 heavy (non-hydrogen) atoms. The molecular weight excluding hydrogens is 260 g/mol. The SMILES string of the molecule is COc1cc(Cl)ccc1C(O)Cc1ccccc1C. The average Bonchev–Trinajstić information content (AvgIpc) is 2.41. The van der Waals surface area contributed by atoms with Crippen molar-refractivity contribution in [1.82, 2.24) is 0 Å². The van der Waals surface area contributed by atoms with Crippen molar-refractivity contribution in [2.75, 3.05) is 7.11 Å². The molecule has 0 fully saturated rings. The van der Waals surface area contributed by atoms with E-state index in [0.29, 0.717) is 17.2 Å². The maximum absolute atomic E-state index is 10.4. The number of halogens is 1. The van der Waals surface area contributed by atoms with Crippen molar-refractivity contribution < 1.29 is 9.84 Å². The van der Waals surface area contributed by atoms with Crippen molar-refractivity contribution in [3.63, 3.8) is 0 Å². The third kappa shape index (κ3) is 3.28. The van der Waals surface area contributed by atoms with Crippen LogP contribution in [0.2, 0.25) is 5.02 Å². The average molecular weight is 277 g/mol. The van der Waals surface area contributed by atoms with E-state index in [2.05, 4.69) is 0 Å². The van der Waals surface area contributed by atoms with E-state index in [0.717, 1.165) is 11.1 Å². The van der Waals surface area contributed by atoms with Gasteiger partial charge < -0.3 is 9.84 Å². The van der Waals surface area contributed by atoms with Gasteiger partial charge >= 0.3 is 0 Å². The molecule has 0 aliphatic carbocycles. The van der Waals surface area contributed by atoms with Crippen LogP contribution in [0.3, 0.4) is 0 Å². The summed E-state index contributed by atoms with van der Waals surface area (Å²) in [5.41, 5.74) is 3.07. The second-order valence-corrected chi connectivity index (χ2v) is 4.97. The highest BCUT2D eigenvalue weighted by Gasteiger charge is 2.15. The minimum Gasteiger partial charge on any atom is -0.496 e. The Morgan fingerprint density at radius 1 is 1.21 bits per heavy atom. The van der Waals surface area contributed by atoms with E-state index in [-0.39, 0.29) is 0 Å². The van der Waals surface area contributed by atoms with Gasteiger partial charge in [0.15, 0.2) is 0 Å². The molecule has 0 aliphatic heterocycles. The third-order valence-corrected chi connectivity index (χ3v) is 3.46. The summed E-state index contributed by atoms with van der Waals surface area (Å²) in [7, 11) is 1.58. The Hall–Kier alpha value is -1.51. The first kappa shape index (κ1) is 13.9. The van der Waals surface area contributed by atoms with Crippen molar-refractivity contribution >= 4 is 11.6 Å². The highest BCUT2D eigenvalue weighted by atomic mass is 35.5. The van der Waals surface area contributed by atoms with Gasteiger partial charge in [-0.05, 0) is 30.2 Å². The number of hydrogen-bond donors (Lipinski definition) is 1. The number of methoxy groups -OCH3 is 1. The summed E-state index contributed by atoms with van der Waals surface area (Å²) >= 11 is 5.92. The standard InChI is InChI=1S/C16H17ClO2/c1-11-5-3-4-6-12(11)9-15(18)14-8-7-13(17)10-16(14)19-2/h3-8,10,15,18H,9H2,1-2H3. The molecule has 2 aromatic rings. The second kappa shape index (κ2) is 6.09. The quantitative estimate of drug-likeness (QED) is 0.917. The molecular formula is C16H17ClO2. The van der Waals surface area contributed by atoms with E-state index >= 15 is 0 Å². The third-order valence-electron chi connectivity index (χ3n) is 3.23. The number of aliphatic hydroxyl groups excluding tert-OH is 1. The summed E-state index contributed by atoms with van der Waals surface area (Å²) < 4.78 is 5.27. The monoisotopic (exact) mass is 276 g/mol. The summed E-state index contributed by atoms with van der Waals surface area (Å²) in [5.74, 6) is 0.619. The van der Waals surface area contributed by atoms with Gasteiger partial charge in [0.25, 0.3) is 0 Å². The lowest BCUT2D eigenvalue weighted by molar-refractivity contribution is 0.174. The van der Waals surface area contributed by atoms with E-state index in [4.69, 9.17) is 16.3 Å². The van der Waals surface area contributed by atoms with Gasteiger partial charge in [-0.3, -0.25) is 0 Å². The summed E-state index contributed by atoms with van der Waals surface area (Å²) in [5, 5.41) is 11.0. The molecule has 2 nitrogen and oxygen atoms in total. The number of hydrogen-bond acceptors (Lipinski definition) is 2. The molecule has 0 spiro atoms. The molecule has 2 rings (SSSR count). The molecule has 0 saturated carbocycles. The topological polar surface area (TPSA) is 29.5 Å². The molecule has 0 bridgehead atoms. The van der Waals surface area contributed by atoms with E-state index < -0.39 is 6.10 Å². The maximum atomic E-state index is 10.4. The first-order valence-electron chi connectivity index (χ1n) is 6.18. The van der Waals surface area contributed by atoms with Crippen LogP contribution < -0.4 is 4.74 Å². The van der Waals surface area contributed by atoms with Crippen LogP contribution in [0.25, 0.3) is 0 Å². The van der Waals surface area contributed by atoms with Crippen LogP contribution in [0.4, 0.5) is 0 Å². The lowest BCUT2D eigenvalue weighted by atomic mass is 9.98. The van der Waals surface area contributed by atoms with Gasteiger partial charge in [-0.2, -0.15) is 0 Å². The molecule has 100 valence electrons. The van der Waals surface area contributed by atoms with E-state index in [1.165, 1.54) is 5.56 Å². The van der Waals surface area contributed by atoms with Gasteiger partial charge in [0, 0.05) is 17.0 Å². The van der Waals surface area contributed by atoms with Crippen LogP contribution in [0.1, 0.15) is 22.8 Å². The number of aryl methyl sites for hydroxylation is 1. The minimum absolute atomic E-state index is 0.560. The fourth-order valence-corrected chi connectivity index (χ4v) is 2.28. The van der Waals surface area contributed by atoms with Gasteiger partial charge in [-0.25, -0.2) is 0 Å². The summed E-state index contributed by atoms with van der Waals surface area (Å²) in [6.45, 7) is 2.04. The maximum Gasteiger partial charge on any atom is 0.126 e. The molecule has 3 heteroatoms. The Kier molecular flexibility index (Phi) is 4.46. The van der Waals surface area contributed by atoms with Crippen LogP contribution in [0.5, 0.6) is 5.75 Å². The Labute approximate surface area is 118 Å². The summed E-state index contributed by atoms with van der Waals surface area (Å²) in [6.07, 6.45) is -0.0432. The number of benzene rings is 2. The molecule has 1 atom stereocenters. The van der Waals surface area contributed by atoms with E-state index in [9.17, 15) is 5.11 Å². The predicted molar refractivity (Wildman–Crippen MR) is 77.8 cm³/mol. The summed E-state index contributed by atoms with van der Waals surface area (Å²) in [4.78, 5) is 0. The highest BCUT2D eigenvalue weighted by molar-refractivity contribution is 6.30. The molecule has 1 unspecified atom stereocenters. The van der Waals surface area contributed by atoms with Crippen LogP contribution in [0, 0.1) is 6.92 Å². The molecule has 2 aromatic carbocycles. The smallest absolute Gasteiger partial charge is 0.126 e. The first-order valence-corrected chi connectivity index (χ1v) is 6.55. The number of aliphatic hydroxyl groups is 1. The molecule has 0 radical (unpaired) electrons. The van der Waals surface area contributed by atoms with Crippen molar-refractivity contribution in [2.24, 2.45) is 0 Å². The lowest BCUT2D eigenvalue weighted by Crippen LogP contribution is -2.05. The zero-order chi connectivity index (χ0) is 13.8. The van der Waals surface area contributed by atoms with Gasteiger partial charge in [-0.15, -0.1) is 0 Å². The molecule has 0 saturated heterocycles. The highest BCUT2D eigenvalue weighted by Crippen LogP contribution is 2.30. The fourth-order valence-electron chi connectivity index (χ4n) is 2.12. The van der Waals surface area contributed by atoms with Gasteiger partial charge in [0.1, 0.15) is 5.75 Å². The predicted octanol–water partition coefficient (Wildman–Crippen LogP) is 3.93. The second-order valence-electron chi connectivity index (χ2n) is 4.53. The molecule has 1 N–H and O–H groups in total. The zero-order valence-corrected chi connectivity index (χ0v) is 11.8. The van der Waals surface area contributed by atoms with Gasteiger partial charge in [-0.1, -0.05) is 41.9 Å². The van der Waals surface area contributed by atoms with Crippen LogP contribution in [-0.4, -0.2) is 12.2 Å². The van der Waals surface area contributed by atoms with Gasteiger partial charge in [0.2, 0.25) is 0 Å². The van der Waals surface area contributed by atoms with E-state index in [1.807, 2.05) is 37.3 Å². The van der Waals surface area contributed by atoms with Crippen molar-refractivity contribution in [3.8, 4) is 5.75 Å².